The molecule has 1 fully saturated rings. The smallest absolute Gasteiger partial charge is 0.204 e. The summed E-state index contributed by atoms with van der Waals surface area (Å²) in [7, 11) is 1.64. The van der Waals surface area contributed by atoms with Gasteiger partial charge in [0.1, 0.15) is 24.0 Å². The van der Waals surface area contributed by atoms with Gasteiger partial charge in [0.15, 0.2) is 0 Å². The van der Waals surface area contributed by atoms with E-state index in [0.29, 0.717) is 12.2 Å². The number of rotatable bonds is 3. The van der Waals surface area contributed by atoms with Crippen molar-refractivity contribution >= 4 is 5.71 Å². The van der Waals surface area contributed by atoms with Crippen LogP contribution in [0, 0.1) is 11.3 Å². The van der Waals surface area contributed by atoms with Gasteiger partial charge in [-0.3, -0.25) is 4.99 Å². The second kappa shape index (κ2) is 7.39. The Balaban J connectivity index is 1.96. The molecule has 24 heavy (non-hydrogen) atoms. The van der Waals surface area contributed by atoms with Crippen molar-refractivity contribution < 1.29 is 9.47 Å². The van der Waals surface area contributed by atoms with Crippen LogP contribution in [-0.4, -0.2) is 25.5 Å². The van der Waals surface area contributed by atoms with Crippen LogP contribution in [-0.2, 0) is 4.74 Å². The van der Waals surface area contributed by atoms with E-state index in [9.17, 15) is 5.26 Å². The van der Waals surface area contributed by atoms with Crippen LogP contribution >= 0.6 is 0 Å². The summed E-state index contributed by atoms with van der Waals surface area (Å²) >= 11 is 0. The molecule has 0 bridgehead atoms. The van der Waals surface area contributed by atoms with Gasteiger partial charge in [-0.15, -0.1) is 0 Å². The van der Waals surface area contributed by atoms with E-state index in [1.54, 1.807) is 7.11 Å². The Hall–Kier alpha value is -2.48. The summed E-state index contributed by atoms with van der Waals surface area (Å²) in [4.78, 5) is 4.94. The second-order valence-electron chi connectivity index (χ2n) is 6.29. The predicted molar refractivity (Wildman–Crippen MR) is 92.8 cm³/mol. The highest BCUT2D eigenvalue weighted by atomic mass is 16.5. The van der Waals surface area contributed by atoms with Crippen LogP contribution in [0.2, 0.25) is 0 Å². The molecule has 5 nitrogen and oxygen atoms in total. The first kappa shape index (κ1) is 16.4. The van der Waals surface area contributed by atoms with Crippen LogP contribution in [0.1, 0.15) is 43.6 Å². The first-order chi connectivity index (χ1) is 11.7. The van der Waals surface area contributed by atoms with Crippen LogP contribution in [0.5, 0.6) is 5.75 Å². The summed E-state index contributed by atoms with van der Waals surface area (Å²) < 4.78 is 10.8. The van der Waals surface area contributed by atoms with E-state index in [1.165, 1.54) is 19.3 Å². The molecule has 1 atom stereocenters. The lowest BCUT2D eigenvalue weighted by molar-refractivity contribution is 0.197. The van der Waals surface area contributed by atoms with Crippen molar-refractivity contribution in [2.45, 2.75) is 44.1 Å². The third-order valence-corrected chi connectivity index (χ3v) is 4.76. The Morgan fingerprint density at radius 1 is 1.21 bits per heavy atom. The Morgan fingerprint density at radius 3 is 2.54 bits per heavy atom. The Morgan fingerprint density at radius 2 is 1.92 bits per heavy atom. The normalized spacial score (nSPS) is 23.7. The van der Waals surface area contributed by atoms with Gasteiger partial charge in [-0.1, -0.05) is 31.4 Å². The van der Waals surface area contributed by atoms with Crippen molar-refractivity contribution in [3.05, 3.63) is 41.3 Å². The molecule has 126 valence electrons. The maximum Gasteiger partial charge on any atom is 0.204 e. The summed E-state index contributed by atoms with van der Waals surface area (Å²) in [6.07, 6.45) is 5.84. The van der Waals surface area contributed by atoms with Gasteiger partial charge < -0.3 is 15.2 Å². The molecule has 0 amide bonds. The fraction of sp³-hybridized carbons (Fsp3) is 0.474. The van der Waals surface area contributed by atoms with E-state index in [4.69, 9.17) is 20.2 Å². The van der Waals surface area contributed by atoms with Gasteiger partial charge >= 0.3 is 0 Å². The number of nitrogens with zero attached hydrogens (tertiary/aromatic N) is 2. The first-order valence-corrected chi connectivity index (χ1v) is 8.47. The lowest BCUT2D eigenvalue weighted by Crippen LogP contribution is -2.30. The molecule has 0 radical (unpaired) electrons. The van der Waals surface area contributed by atoms with Crippen LogP contribution in [0.4, 0.5) is 0 Å². The fourth-order valence-electron chi connectivity index (χ4n) is 3.39. The van der Waals surface area contributed by atoms with Crippen molar-refractivity contribution in [1.29, 1.82) is 5.26 Å². The van der Waals surface area contributed by atoms with E-state index in [-0.39, 0.29) is 17.8 Å². The maximum atomic E-state index is 9.54. The molecule has 1 saturated carbocycles. The van der Waals surface area contributed by atoms with Gasteiger partial charge in [-0.05, 0) is 30.5 Å². The summed E-state index contributed by atoms with van der Waals surface area (Å²) in [5.74, 6) is 0.924. The highest BCUT2D eigenvalue weighted by Crippen LogP contribution is 2.31. The average molecular weight is 325 g/mol. The average Bonchev–Trinajstić information content (AvgIpc) is 2.63. The van der Waals surface area contributed by atoms with Gasteiger partial charge in [0.25, 0.3) is 0 Å². The quantitative estimate of drug-likeness (QED) is 0.924. The number of nitriles is 1. The number of methoxy groups -OCH3 is 1. The lowest BCUT2D eigenvalue weighted by Gasteiger charge is -2.28. The molecule has 0 aromatic heterocycles. The van der Waals surface area contributed by atoms with Gasteiger partial charge in [-0.25, -0.2) is 0 Å². The third kappa shape index (κ3) is 3.38. The molecular weight excluding hydrogens is 302 g/mol. The SMILES string of the molecule is COc1ccc(C2COC(N)=C(C#N)C2=NC2CCCCC2)cc1. The van der Waals surface area contributed by atoms with E-state index >= 15 is 0 Å². The van der Waals surface area contributed by atoms with E-state index in [0.717, 1.165) is 29.9 Å². The van der Waals surface area contributed by atoms with Crippen molar-refractivity contribution in [2.75, 3.05) is 13.7 Å². The van der Waals surface area contributed by atoms with Crippen molar-refractivity contribution in [1.82, 2.24) is 0 Å². The van der Waals surface area contributed by atoms with E-state index in [2.05, 4.69) is 6.07 Å². The molecule has 1 aliphatic heterocycles. The molecule has 1 aliphatic carbocycles. The zero-order valence-electron chi connectivity index (χ0n) is 14.0. The van der Waals surface area contributed by atoms with Gasteiger partial charge in [-0.2, -0.15) is 5.26 Å². The van der Waals surface area contributed by atoms with Gasteiger partial charge in [0.05, 0.1) is 24.8 Å². The molecular formula is C19H23N3O2. The zero-order valence-corrected chi connectivity index (χ0v) is 14.0. The molecule has 1 heterocycles. The number of hydrogen-bond acceptors (Lipinski definition) is 5. The molecule has 2 N–H and O–H groups in total. The monoisotopic (exact) mass is 325 g/mol. The largest absolute Gasteiger partial charge is 0.497 e. The highest BCUT2D eigenvalue weighted by Gasteiger charge is 2.31. The van der Waals surface area contributed by atoms with Crippen molar-refractivity contribution in [3.63, 3.8) is 0 Å². The molecule has 0 spiro atoms. The van der Waals surface area contributed by atoms with Crippen LogP contribution in [0.15, 0.2) is 40.7 Å². The van der Waals surface area contributed by atoms with Gasteiger partial charge in [0.2, 0.25) is 5.88 Å². The van der Waals surface area contributed by atoms with E-state index in [1.807, 2.05) is 24.3 Å². The minimum Gasteiger partial charge on any atom is -0.497 e. The number of nitrogens with two attached hydrogens (primary N) is 1. The molecule has 5 heteroatoms. The maximum absolute atomic E-state index is 9.54. The standard InChI is InChI=1S/C19H23N3O2/c1-23-15-9-7-13(8-10-15)17-12-24-19(21)16(11-20)18(17)22-14-5-3-2-4-6-14/h7-10,14,17H,2-6,12,21H2,1H3. The molecule has 1 aromatic rings. The van der Waals surface area contributed by atoms with Crippen LogP contribution in [0.25, 0.3) is 0 Å². The first-order valence-electron chi connectivity index (χ1n) is 8.47. The summed E-state index contributed by atoms with van der Waals surface area (Å²) in [5.41, 5.74) is 8.12. The summed E-state index contributed by atoms with van der Waals surface area (Å²) in [6.45, 7) is 0.412. The predicted octanol–water partition coefficient (Wildman–Crippen LogP) is 3.28. The highest BCUT2D eigenvalue weighted by molar-refractivity contribution is 6.08. The second-order valence-corrected chi connectivity index (χ2v) is 6.29. The van der Waals surface area contributed by atoms with Crippen molar-refractivity contribution in [3.8, 4) is 11.8 Å². The zero-order chi connectivity index (χ0) is 16.9. The third-order valence-electron chi connectivity index (χ3n) is 4.76. The molecule has 1 aromatic carbocycles. The van der Waals surface area contributed by atoms with Crippen LogP contribution < -0.4 is 10.5 Å². The number of aliphatic imine (C=N–C) groups is 1. The minimum absolute atomic E-state index is 0.0696. The Kier molecular flexibility index (Phi) is 5.05. The van der Waals surface area contributed by atoms with Gasteiger partial charge in [0, 0.05) is 0 Å². The summed E-state index contributed by atoms with van der Waals surface area (Å²) in [6, 6.07) is 10.3. The topological polar surface area (TPSA) is 80.6 Å². The number of ether oxygens (including phenoxy) is 2. The minimum atomic E-state index is -0.0696. The number of hydrogen-bond donors (Lipinski definition) is 1. The number of allylic oxidation sites excluding steroid dienone is 1. The number of benzene rings is 1. The molecule has 1 unspecified atom stereocenters. The lowest BCUT2D eigenvalue weighted by atomic mass is 9.88. The Bertz CT molecular complexity index is 680. The summed E-state index contributed by atoms with van der Waals surface area (Å²) in [5, 5.41) is 9.54. The fourth-order valence-corrected chi connectivity index (χ4v) is 3.39. The molecule has 2 aliphatic rings. The molecule has 3 rings (SSSR count). The van der Waals surface area contributed by atoms with Crippen LogP contribution in [0.3, 0.4) is 0 Å². The van der Waals surface area contributed by atoms with Crippen molar-refractivity contribution in [2.24, 2.45) is 10.7 Å². The van der Waals surface area contributed by atoms with E-state index < -0.39 is 0 Å². The Labute approximate surface area is 142 Å². The molecule has 0 saturated heterocycles.